The van der Waals surface area contributed by atoms with E-state index in [1.54, 1.807) is 50.7 Å². The molecule has 2 aliphatic rings. The number of rotatable bonds is 8. The van der Waals surface area contributed by atoms with E-state index in [0.717, 1.165) is 24.2 Å². The summed E-state index contributed by atoms with van der Waals surface area (Å²) in [5.41, 5.74) is 1.22. The average Bonchev–Trinajstić information content (AvgIpc) is 2.77. The first-order valence-corrected chi connectivity index (χ1v) is 12.6. The lowest BCUT2D eigenvalue weighted by atomic mass is 9.70. The normalized spacial score (nSPS) is 22.1. The zero-order valence-corrected chi connectivity index (χ0v) is 19.4. The van der Waals surface area contributed by atoms with Gasteiger partial charge in [0.15, 0.2) is 0 Å². The Morgan fingerprint density at radius 2 is 1.50 bits per heavy atom. The minimum absolute atomic E-state index is 0.377. The van der Waals surface area contributed by atoms with Crippen LogP contribution in [0.5, 0.6) is 5.75 Å². The van der Waals surface area contributed by atoms with Crippen molar-refractivity contribution in [2.45, 2.75) is 110 Å². The van der Waals surface area contributed by atoms with Crippen LogP contribution < -0.4 is 4.74 Å². The molecule has 0 bridgehead atoms. The summed E-state index contributed by atoms with van der Waals surface area (Å²) in [5, 5.41) is 8.39. The molecule has 3 rings (SSSR count). The van der Waals surface area contributed by atoms with Gasteiger partial charge < -0.3 is 9.84 Å². The van der Waals surface area contributed by atoms with Crippen LogP contribution in [0.4, 0.5) is 4.79 Å². The molecule has 0 radical (unpaired) electrons. The summed E-state index contributed by atoms with van der Waals surface area (Å²) in [7, 11) is 0. The Balaban J connectivity index is 0.000000214. The predicted molar refractivity (Wildman–Crippen MR) is 125 cm³/mol. The minimum atomic E-state index is -1.27. The highest BCUT2D eigenvalue weighted by Gasteiger charge is 2.27. The highest BCUT2D eigenvalue weighted by molar-refractivity contribution is 5.61. The molecule has 0 heterocycles. The third-order valence-corrected chi connectivity index (χ3v) is 7.10. The van der Waals surface area contributed by atoms with E-state index >= 15 is 0 Å². The molecule has 3 heteroatoms. The van der Waals surface area contributed by atoms with E-state index in [1.165, 1.54) is 56.9 Å². The lowest BCUT2D eigenvalue weighted by Crippen LogP contribution is -2.23. The number of hydrogen-bond donors (Lipinski definition) is 1. The van der Waals surface area contributed by atoms with Crippen molar-refractivity contribution in [1.29, 1.82) is 0 Å². The monoisotopic (exact) mass is 416 g/mol. The van der Waals surface area contributed by atoms with E-state index in [0.29, 0.717) is 5.75 Å². The summed E-state index contributed by atoms with van der Waals surface area (Å²) in [6, 6.07) is 7.20. The van der Waals surface area contributed by atoms with E-state index in [1.807, 2.05) is 12.1 Å². The van der Waals surface area contributed by atoms with Crippen molar-refractivity contribution in [3.8, 4) is 5.75 Å². The first kappa shape index (κ1) is 24.8. The largest absolute Gasteiger partial charge is 0.511 e. The van der Waals surface area contributed by atoms with Gasteiger partial charge in [0.05, 0.1) is 0 Å². The highest BCUT2D eigenvalue weighted by atomic mass is 16.7. The predicted octanol–water partition coefficient (Wildman–Crippen LogP) is 8.65. The molecule has 0 aliphatic heterocycles. The van der Waals surface area contributed by atoms with E-state index in [2.05, 4.69) is 18.6 Å². The number of aryl methyl sites for hydroxylation is 1. The van der Waals surface area contributed by atoms with E-state index in [-0.39, 0.29) is 0 Å². The average molecular weight is 417 g/mol. The molecule has 0 amide bonds. The fourth-order valence-electron chi connectivity index (χ4n) is 5.37. The molecule has 2 saturated carbocycles. The first-order valence-electron chi connectivity index (χ1n) is 12.6. The van der Waals surface area contributed by atoms with Gasteiger partial charge in [0.1, 0.15) is 5.75 Å². The second-order valence-electron chi connectivity index (χ2n) is 9.44. The topological polar surface area (TPSA) is 46.5 Å². The van der Waals surface area contributed by atoms with Gasteiger partial charge in [0, 0.05) is 0 Å². The molecule has 170 valence electrons. The second kappa shape index (κ2) is 14.5. The summed E-state index contributed by atoms with van der Waals surface area (Å²) in [6.07, 6.45) is 20.2. The summed E-state index contributed by atoms with van der Waals surface area (Å²) >= 11 is 0. The molecule has 1 aromatic carbocycles. The van der Waals surface area contributed by atoms with Crippen molar-refractivity contribution in [1.82, 2.24) is 0 Å². The Morgan fingerprint density at radius 1 is 0.867 bits per heavy atom. The molecular formula is C27H44O3. The van der Waals surface area contributed by atoms with Gasteiger partial charge in [-0.05, 0) is 61.1 Å². The summed E-state index contributed by atoms with van der Waals surface area (Å²) < 4.78 is 4.51. The Hall–Kier alpha value is -1.51. The molecule has 0 unspecified atom stereocenters. The van der Waals surface area contributed by atoms with Crippen LogP contribution in [0.15, 0.2) is 24.3 Å². The summed E-state index contributed by atoms with van der Waals surface area (Å²) in [5.74, 6) is 3.72. The van der Waals surface area contributed by atoms with Gasteiger partial charge in [0.25, 0.3) is 0 Å². The molecule has 30 heavy (non-hydrogen) atoms. The van der Waals surface area contributed by atoms with Crippen LogP contribution in [0, 0.1) is 17.8 Å². The van der Waals surface area contributed by atoms with E-state index in [4.69, 9.17) is 5.11 Å². The van der Waals surface area contributed by atoms with Gasteiger partial charge >= 0.3 is 6.16 Å². The summed E-state index contributed by atoms with van der Waals surface area (Å²) in [6.45, 7) is 4.51. The number of carbonyl (C=O) groups is 1. The Kier molecular flexibility index (Phi) is 12.0. The van der Waals surface area contributed by atoms with Crippen molar-refractivity contribution >= 4 is 6.16 Å². The number of carboxylic acid groups (broad SMARTS) is 1. The smallest absolute Gasteiger partial charge is 0.449 e. The van der Waals surface area contributed by atoms with Gasteiger partial charge in [-0.3, -0.25) is 0 Å². The molecule has 0 saturated heterocycles. The molecule has 2 fully saturated rings. The highest BCUT2D eigenvalue weighted by Crippen LogP contribution is 2.40. The SMILES string of the molecule is CCCCCc1ccc(OC(=O)O)cc1.CCC[C@H]1CC[C@H](C2CCCCC2)CC1. The fraction of sp³-hybridized carbons (Fsp3) is 0.741. The van der Waals surface area contributed by atoms with Gasteiger partial charge in [-0.25, -0.2) is 4.79 Å². The van der Waals surface area contributed by atoms with Crippen molar-refractivity contribution < 1.29 is 14.6 Å². The zero-order valence-electron chi connectivity index (χ0n) is 19.4. The van der Waals surface area contributed by atoms with Crippen LogP contribution in [0.3, 0.4) is 0 Å². The molecule has 0 atom stereocenters. The van der Waals surface area contributed by atoms with Crippen LogP contribution in [-0.2, 0) is 6.42 Å². The lowest BCUT2D eigenvalue weighted by Gasteiger charge is -2.35. The fourth-order valence-corrected chi connectivity index (χ4v) is 5.37. The van der Waals surface area contributed by atoms with E-state index in [9.17, 15) is 4.79 Å². The van der Waals surface area contributed by atoms with Crippen molar-refractivity contribution in [2.75, 3.05) is 0 Å². The quantitative estimate of drug-likeness (QED) is 0.262. The minimum Gasteiger partial charge on any atom is -0.449 e. The maximum Gasteiger partial charge on any atom is 0.511 e. The number of benzene rings is 1. The van der Waals surface area contributed by atoms with Crippen LogP contribution >= 0.6 is 0 Å². The molecule has 1 N–H and O–H groups in total. The van der Waals surface area contributed by atoms with Crippen molar-refractivity contribution in [3.05, 3.63) is 29.8 Å². The van der Waals surface area contributed by atoms with Gasteiger partial charge in [-0.1, -0.05) is 96.6 Å². The van der Waals surface area contributed by atoms with Gasteiger partial charge in [-0.2, -0.15) is 0 Å². The Bertz CT molecular complexity index is 566. The Labute approximate surface area is 184 Å². The zero-order chi connectivity index (χ0) is 21.6. The van der Waals surface area contributed by atoms with Crippen molar-refractivity contribution in [3.63, 3.8) is 0 Å². The lowest BCUT2D eigenvalue weighted by molar-refractivity contribution is 0.144. The summed E-state index contributed by atoms with van der Waals surface area (Å²) in [4.78, 5) is 10.2. The molecular weight excluding hydrogens is 372 g/mol. The molecule has 0 aromatic heterocycles. The number of hydrogen-bond acceptors (Lipinski definition) is 2. The molecule has 2 aliphatic carbocycles. The van der Waals surface area contributed by atoms with Gasteiger partial charge in [0.2, 0.25) is 0 Å². The number of unbranched alkanes of at least 4 members (excludes halogenated alkanes) is 2. The van der Waals surface area contributed by atoms with Crippen LogP contribution in [0.25, 0.3) is 0 Å². The third kappa shape index (κ3) is 9.53. The standard InChI is InChI=1S/C15H28.C12H16O3/c1-2-6-13-9-11-15(12-10-13)14-7-4-3-5-8-14;1-2-3-4-5-10-6-8-11(9-7-10)15-12(13)14/h13-15H,2-12H2,1H3;6-9H,2-5H2,1H3,(H,13,14)/t13-,15-;. The maximum atomic E-state index is 10.2. The number of ether oxygens (including phenoxy) is 1. The Morgan fingerprint density at radius 3 is 2.07 bits per heavy atom. The molecule has 1 aromatic rings. The van der Waals surface area contributed by atoms with E-state index < -0.39 is 6.16 Å². The van der Waals surface area contributed by atoms with Crippen LogP contribution in [0.2, 0.25) is 0 Å². The maximum absolute atomic E-state index is 10.2. The van der Waals surface area contributed by atoms with Crippen molar-refractivity contribution in [2.24, 2.45) is 17.8 Å². The third-order valence-electron chi connectivity index (χ3n) is 7.10. The van der Waals surface area contributed by atoms with Gasteiger partial charge in [-0.15, -0.1) is 0 Å². The van der Waals surface area contributed by atoms with Crippen LogP contribution in [-0.4, -0.2) is 11.3 Å². The molecule has 3 nitrogen and oxygen atoms in total. The second-order valence-corrected chi connectivity index (χ2v) is 9.44. The first-order chi connectivity index (χ1) is 14.6. The van der Waals surface area contributed by atoms with Crippen LogP contribution in [0.1, 0.15) is 109 Å². The molecule has 0 spiro atoms.